The zero-order valence-electron chi connectivity index (χ0n) is 12.8. The van der Waals surface area contributed by atoms with Crippen molar-refractivity contribution in [1.29, 1.82) is 0 Å². The van der Waals surface area contributed by atoms with Crippen molar-refractivity contribution in [2.75, 3.05) is 18.0 Å². The summed E-state index contributed by atoms with van der Waals surface area (Å²) in [6.45, 7) is 7.05. The van der Waals surface area contributed by atoms with Crippen LogP contribution in [-0.2, 0) is 6.54 Å². The van der Waals surface area contributed by atoms with E-state index in [4.69, 9.17) is 0 Å². The standard InChI is InChI=1S/C18H23FN2/c1-3-13-20-14-15-5-9-17(10-6-15)21(4-2)18-11-7-16(19)8-12-18/h5-12,20H,3-4,13-14H2,1-2H3. The fraction of sp³-hybridized carbons (Fsp3) is 0.333. The van der Waals surface area contributed by atoms with E-state index < -0.39 is 0 Å². The predicted octanol–water partition coefficient (Wildman–Crippen LogP) is 4.48. The van der Waals surface area contributed by atoms with Gasteiger partial charge in [0.05, 0.1) is 0 Å². The Morgan fingerprint density at radius 3 is 2.00 bits per heavy atom. The van der Waals surface area contributed by atoms with Gasteiger partial charge in [-0.3, -0.25) is 0 Å². The number of nitrogens with one attached hydrogen (secondary N) is 1. The highest BCUT2D eigenvalue weighted by atomic mass is 19.1. The van der Waals surface area contributed by atoms with Gasteiger partial charge < -0.3 is 10.2 Å². The summed E-state index contributed by atoms with van der Waals surface area (Å²) in [5.74, 6) is -0.202. The first-order valence-electron chi connectivity index (χ1n) is 7.57. The highest BCUT2D eigenvalue weighted by Crippen LogP contribution is 2.25. The molecule has 112 valence electrons. The van der Waals surface area contributed by atoms with Gasteiger partial charge in [0.25, 0.3) is 0 Å². The zero-order chi connectivity index (χ0) is 15.1. The number of hydrogen-bond donors (Lipinski definition) is 1. The Kier molecular flexibility index (Phi) is 5.76. The lowest BCUT2D eigenvalue weighted by atomic mass is 10.1. The second-order valence-corrected chi connectivity index (χ2v) is 5.06. The van der Waals surface area contributed by atoms with Crippen molar-refractivity contribution in [3.63, 3.8) is 0 Å². The van der Waals surface area contributed by atoms with Gasteiger partial charge in [-0.2, -0.15) is 0 Å². The van der Waals surface area contributed by atoms with Gasteiger partial charge in [0.15, 0.2) is 0 Å². The quantitative estimate of drug-likeness (QED) is 0.755. The topological polar surface area (TPSA) is 15.3 Å². The van der Waals surface area contributed by atoms with Crippen LogP contribution in [-0.4, -0.2) is 13.1 Å². The Hall–Kier alpha value is -1.87. The lowest BCUT2D eigenvalue weighted by Gasteiger charge is -2.23. The molecule has 0 unspecified atom stereocenters. The summed E-state index contributed by atoms with van der Waals surface area (Å²) in [6, 6.07) is 15.2. The Morgan fingerprint density at radius 1 is 0.905 bits per heavy atom. The van der Waals surface area contributed by atoms with Crippen LogP contribution in [0.2, 0.25) is 0 Å². The Bertz CT molecular complexity index is 534. The fourth-order valence-electron chi connectivity index (χ4n) is 2.34. The molecule has 2 rings (SSSR count). The maximum Gasteiger partial charge on any atom is 0.123 e. The van der Waals surface area contributed by atoms with E-state index in [1.54, 1.807) is 0 Å². The molecule has 0 spiro atoms. The van der Waals surface area contributed by atoms with Crippen LogP contribution in [0, 0.1) is 5.82 Å². The van der Waals surface area contributed by atoms with E-state index in [0.717, 1.165) is 37.4 Å². The van der Waals surface area contributed by atoms with E-state index in [0.29, 0.717) is 0 Å². The minimum atomic E-state index is -0.202. The van der Waals surface area contributed by atoms with E-state index >= 15 is 0 Å². The van der Waals surface area contributed by atoms with Gasteiger partial charge in [-0.05, 0) is 61.9 Å². The van der Waals surface area contributed by atoms with Crippen molar-refractivity contribution in [2.24, 2.45) is 0 Å². The number of nitrogens with zero attached hydrogens (tertiary/aromatic N) is 1. The zero-order valence-corrected chi connectivity index (χ0v) is 12.8. The third-order valence-corrected chi connectivity index (χ3v) is 3.46. The molecule has 0 bridgehead atoms. The van der Waals surface area contributed by atoms with Gasteiger partial charge in [0, 0.05) is 24.5 Å². The van der Waals surface area contributed by atoms with Crippen LogP contribution in [0.4, 0.5) is 15.8 Å². The maximum absolute atomic E-state index is 13.0. The second kappa shape index (κ2) is 7.79. The first-order valence-corrected chi connectivity index (χ1v) is 7.57. The van der Waals surface area contributed by atoms with E-state index in [2.05, 4.69) is 48.3 Å². The first-order chi connectivity index (χ1) is 10.2. The molecule has 0 atom stereocenters. The van der Waals surface area contributed by atoms with Crippen molar-refractivity contribution < 1.29 is 4.39 Å². The van der Waals surface area contributed by atoms with Crippen molar-refractivity contribution >= 4 is 11.4 Å². The van der Waals surface area contributed by atoms with Crippen molar-refractivity contribution in [2.45, 2.75) is 26.8 Å². The van der Waals surface area contributed by atoms with Crippen LogP contribution in [0.25, 0.3) is 0 Å². The summed E-state index contributed by atoms with van der Waals surface area (Å²) in [7, 11) is 0. The van der Waals surface area contributed by atoms with Crippen LogP contribution in [0.5, 0.6) is 0 Å². The molecule has 0 amide bonds. The van der Waals surface area contributed by atoms with Crippen LogP contribution in [0.3, 0.4) is 0 Å². The molecule has 2 aromatic carbocycles. The van der Waals surface area contributed by atoms with Gasteiger partial charge in [-0.1, -0.05) is 19.1 Å². The summed E-state index contributed by atoms with van der Waals surface area (Å²) in [5, 5.41) is 3.40. The maximum atomic E-state index is 13.0. The van der Waals surface area contributed by atoms with Crippen molar-refractivity contribution in [3.05, 3.63) is 59.9 Å². The van der Waals surface area contributed by atoms with Crippen molar-refractivity contribution in [1.82, 2.24) is 5.32 Å². The fourth-order valence-corrected chi connectivity index (χ4v) is 2.34. The smallest absolute Gasteiger partial charge is 0.123 e. The molecule has 0 aromatic heterocycles. The number of rotatable bonds is 7. The molecular weight excluding hydrogens is 263 g/mol. The second-order valence-electron chi connectivity index (χ2n) is 5.06. The highest BCUT2D eigenvalue weighted by molar-refractivity contribution is 5.63. The molecule has 1 N–H and O–H groups in total. The Morgan fingerprint density at radius 2 is 1.48 bits per heavy atom. The highest BCUT2D eigenvalue weighted by Gasteiger charge is 2.07. The monoisotopic (exact) mass is 286 g/mol. The van der Waals surface area contributed by atoms with Gasteiger partial charge in [0.2, 0.25) is 0 Å². The average Bonchev–Trinajstić information content (AvgIpc) is 2.52. The first kappa shape index (κ1) is 15.5. The summed E-state index contributed by atoms with van der Waals surface area (Å²) in [5.41, 5.74) is 3.42. The molecule has 2 aromatic rings. The minimum absolute atomic E-state index is 0.202. The Balaban J connectivity index is 2.09. The van der Waals surface area contributed by atoms with E-state index in [-0.39, 0.29) is 5.82 Å². The van der Waals surface area contributed by atoms with E-state index in [1.165, 1.54) is 17.7 Å². The number of halogens is 1. The molecule has 0 saturated carbocycles. The molecule has 2 nitrogen and oxygen atoms in total. The van der Waals surface area contributed by atoms with E-state index in [1.807, 2.05) is 12.1 Å². The van der Waals surface area contributed by atoms with Crippen LogP contribution in [0.1, 0.15) is 25.8 Å². The van der Waals surface area contributed by atoms with Crippen molar-refractivity contribution in [3.8, 4) is 0 Å². The molecule has 21 heavy (non-hydrogen) atoms. The average molecular weight is 286 g/mol. The van der Waals surface area contributed by atoms with Gasteiger partial charge in [0.1, 0.15) is 5.82 Å². The lowest BCUT2D eigenvalue weighted by molar-refractivity contribution is 0.628. The van der Waals surface area contributed by atoms with Gasteiger partial charge in [-0.15, -0.1) is 0 Å². The number of anilines is 2. The predicted molar refractivity (Wildman–Crippen MR) is 87.5 cm³/mol. The number of benzene rings is 2. The van der Waals surface area contributed by atoms with Crippen LogP contribution >= 0.6 is 0 Å². The molecule has 0 aliphatic carbocycles. The molecule has 3 heteroatoms. The van der Waals surface area contributed by atoms with Crippen LogP contribution < -0.4 is 10.2 Å². The molecule has 0 aliphatic heterocycles. The lowest BCUT2D eigenvalue weighted by Crippen LogP contribution is -2.16. The molecule has 0 radical (unpaired) electrons. The SMILES string of the molecule is CCCNCc1ccc(N(CC)c2ccc(F)cc2)cc1. The third kappa shape index (κ3) is 4.30. The summed E-state index contributed by atoms with van der Waals surface area (Å²) in [4.78, 5) is 2.17. The molecule has 0 fully saturated rings. The van der Waals surface area contributed by atoms with Crippen LogP contribution in [0.15, 0.2) is 48.5 Å². The molecule has 0 aliphatic rings. The molecule has 0 saturated heterocycles. The summed E-state index contributed by atoms with van der Waals surface area (Å²) >= 11 is 0. The minimum Gasteiger partial charge on any atom is -0.342 e. The Labute approximate surface area is 126 Å². The number of hydrogen-bond acceptors (Lipinski definition) is 2. The largest absolute Gasteiger partial charge is 0.342 e. The van der Waals surface area contributed by atoms with Gasteiger partial charge in [-0.25, -0.2) is 4.39 Å². The molecule has 0 heterocycles. The molecular formula is C18H23FN2. The third-order valence-electron chi connectivity index (χ3n) is 3.46. The summed E-state index contributed by atoms with van der Waals surface area (Å²) < 4.78 is 13.0. The van der Waals surface area contributed by atoms with Gasteiger partial charge >= 0.3 is 0 Å². The van der Waals surface area contributed by atoms with E-state index in [9.17, 15) is 4.39 Å². The summed E-state index contributed by atoms with van der Waals surface area (Å²) in [6.07, 6.45) is 1.15. The normalized spacial score (nSPS) is 10.6.